The smallest absolute Gasteiger partial charge is 0.251 e. The van der Waals surface area contributed by atoms with E-state index >= 15 is 0 Å². The predicted octanol–water partition coefficient (Wildman–Crippen LogP) is 2.51. The highest BCUT2D eigenvalue weighted by molar-refractivity contribution is 5.97. The number of benzene rings is 2. The van der Waals surface area contributed by atoms with Gasteiger partial charge in [0.15, 0.2) is 0 Å². The molecule has 31 heavy (non-hydrogen) atoms. The Labute approximate surface area is 180 Å². The second-order valence-electron chi connectivity index (χ2n) is 7.56. The van der Waals surface area contributed by atoms with Crippen LogP contribution >= 0.6 is 0 Å². The van der Waals surface area contributed by atoms with Crippen molar-refractivity contribution < 1.29 is 14.1 Å². The van der Waals surface area contributed by atoms with Crippen LogP contribution in [0.3, 0.4) is 0 Å². The fraction of sp³-hybridized carbons (Fsp3) is 0.304. The normalized spacial score (nSPS) is 14.9. The first-order chi connectivity index (χ1) is 15.0. The summed E-state index contributed by atoms with van der Waals surface area (Å²) in [4.78, 5) is 33.4. The number of piperazine rings is 1. The van der Waals surface area contributed by atoms with E-state index < -0.39 is 6.04 Å². The van der Waals surface area contributed by atoms with E-state index in [0.29, 0.717) is 30.4 Å². The number of anilines is 1. The average Bonchev–Trinajstić information content (AvgIpc) is 3.25. The minimum Gasteiger partial charge on any atom is -0.368 e. The van der Waals surface area contributed by atoms with Gasteiger partial charge in [-0.2, -0.15) is 4.98 Å². The van der Waals surface area contributed by atoms with E-state index in [-0.39, 0.29) is 11.8 Å². The van der Waals surface area contributed by atoms with Gasteiger partial charge in [0, 0.05) is 49.9 Å². The van der Waals surface area contributed by atoms with Crippen molar-refractivity contribution in [2.24, 2.45) is 0 Å². The van der Waals surface area contributed by atoms with Gasteiger partial charge in [0.05, 0.1) is 0 Å². The molecular weight excluding hydrogens is 394 g/mol. The van der Waals surface area contributed by atoms with Crippen LogP contribution in [0, 0.1) is 6.92 Å². The number of hydrogen-bond donors (Lipinski definition) is 1. The van der Waals surface area contributed by atoms with E-state index in [4.69, 9.17) is 4.52 Å². The first-order valence-corrected chi connectivity index (χ1v) is 10.3. The van der Waals surface area contributed by atoms with Crippen molar-refractivity contribution >= 4 is 17.5 Å². The Balaban J connectivity index is 1.30. The summed E-state index contributed by atoms with van der Waals surface area (Å²) < 4.78 is 5.03. The Morgan fingerprint density at radius 2 is 1.68 bits per heavy atom. The first kappa shape index (κ1) is 20.6. The molecule has 1 saturated heterocycles. The Hall–Kier alpha value is -3.68. The van der Waals surface area contributed by atoms with E-state index in [1.165, 1.54) is 0 Å². The number of amides is 2. The van der Waals surface area contributed by atoms with Gasteiger partial charge < -0.3 is 19.6 Å². The molecule has 4 rings (SSSR count). The SMILES string of the molecule is Cc1nc(-c2ccc(N3CCN(C(=O)C(C)NC(=O)c4ccccc4)CC3)cc2)no1. The van der Waals surface area contributed by atoms with Gasteiger partial charge in [-0.1, -0.05) is 23.4 Å². The van der Waals surface area contributed by atoms with Gasteiger partial charge in [-0.05, 0) is 43.3 Å². The van der Waals surface area contributed by atoms with Crippen LogP contribution in [-0.2, 0) is 4.79 Å². The molecule has 0 radical (unpaired) electrons. The molecule has 1 aromatic heterocycles. The largest absolute Gasteiger partial charge is 0.368 e. The molecule has 1 atom stereocenters. The van der Waals surface area contributed by atoms with Crippen LogP contribution in [0.2, 0.25) is 0 Å². The van der Waals surface area contributed by atoms with Crippen LogP contribution in [0.1, 0.15) is 23.2 Å². The van der Waals surface area contributed by atoms with Crippen LogP contribution in [-0.4, -0.2) is 59.1 Å². The number of rotatable bonds is 5. The minimum absolute atomic E-state index is 0.0632. The second kappa shape index (κ2) is 8.99. The molecule has 0 saturated carbocycles. The maximum Gasteiger partial charge on any atom is 0.251 e. The third kappa shape index (κ3) is 4.74. The van der Waals surface area contributed by atoms with E-state index in [0.717, 1.165) is 24.3 Å². The Morgan fingerprint density at radius 1 is 1.00 bits per heavy atom. The molecule has 0 spiro atoms. The Morgan fingerprint density at radius 3 is 2.29 bits per heavy atom. The van der Waals surface area contributed by atoms with Crippen LogP contribution in [0.25, 0.3) is 11.4 Å². The zero-order valence-electron chi connectivity index (χ0n) is 17.6. The minimum atomic E-state index is -0.572. The number of aromatic nitrogens is 2. The number of nitrogens with zero attached hydrogens (tertiary/aromatic N) is 4. The number of carbonyl (C=O) groups is 2. The van der Waals surface area contributed by atoms with Crippen molar-refractivity contribution in [3.05, 3.63) is 66.1 Å². The highest BCUT2D eigenvalue weighted by Crippen LogP contribution is 2.22. The third-order valence-corrected chi connectivity index (χ3v) is 5.36. The van der Waals surface area contributed by atoms with E-state index in [2.05, 4.69) is 20.4 Å². The fourth-order valence-electron chi connectivity index (χ4n) is 3.63. The lowest BCUT2D eigenvalue weighted by Gasteiger charge is -2.37. The van der Waals surface area contributed by atoms with Crippen LogP contribution in [0.5, 0.6) is 0 Å². The van der Waals surface area contributed by atoms with E-state index in [9.17, 15) is 9.59 Å². The van der Waals surface area contributed by atoms with Crippen LogP contribution in [0.4, 0.5) is 5.69 Å². The summed E-state index contributed by atoms with van der Waals surface area (Å²) in [6.45, 7) is 6.16. The van der Waals surface area contributed by atoms with Gasteiger partial charge in [0.25, 0.3) is 5.91 Å². The number of hydrogen-bond acceptors (Lipinski definition) is 6. The van der Waals surface area contributed by atoms with Crippen LogP contribution in [0.15, 0.2) is 59.1 Å². The monoisotopic (exact) mass is 419 g/mol. The van der Waals surface area contributed by atoms with Crippen molar-refractivity contribution in [1.82, 2.24) is 20.4 Å². The molecule has 1 aliphatic rings. The van der Waals surface area contributed by atoms with Crippen molar-refractivity contribution in [2.45, 2.75) is 19.9 Å². The number of carbonyl (C=O) groups excluding carboxylic acids is 2. The molecule has 1 N–H and O–H groups in total. The van der Waals surface area contributed by atoms with Crippen molar-refractivity contribution in [3.63, 3.8) is 0 Å². The Bertz CT molecular complexity index is 1040. The van der Waals surface area contributed by atoms with Gasteiger partial charge in [-0.3, -0.25) is 9.59 Å². The van der Waals surface area contributed by atoms with E-state index in [1.54, 1.807) is 38.1 Å². The lowest BCUT2D eigenvalue weighted by Crippen LogP contribution is -2.54. The highest BCUT2D eigenvalue weighted by atomic mass is 16.5. The van der Waals surface area contributed by atoms with Crippen molar-refractivity contribution in [2.75, 3.05) is 31.1 Å². The maximum absolute atomic E-state index is 12.8. The van der Waals surface area contributed by atoms with Crippen LogP contribution < -0.4 is 10.2 Å². The van der Waals surface area contributed by atoms with E-state index in [1.807, 2.05) is 35.2 Å². The molecule has 160 valence electrons. The number of aryl methyl sites for hydroxylation is 1. The topological polar surface area (TPSA) is 91.6 Å². The van der Waals surface area contributed by atoms with Gasteiger partial charge in [0.1, 0.15) is 6.04 Å². The molecule has 2 heterocycles. The summed E-state index contributed by atoms with van der Waals surface area (Å²) in [6.07, 6.45) is 0. The molecule has 2 aromatic carbocycles. The zero-order chi connectivity index (χ0) is 21.8. The third-order valence-electron chi connectivity index (χ3n) is 5.36. The summed E-state index contributed by atoms with van der Waals surface area (Å²) in [5.74, 6) is 0.809. The number of nitrogens with one attached hydrogen (secondary N) is 1. The van der Waals surface area contributed by atoms with Gasteiger partial charge in [-0.25, -0.2) is 0 Å². The summed E-state index contributed by atoms with van der Waals surface area (Å²) in [7, 11) is 0. The average molecular weight is 419 g/mol. The summed E-state index contributed by atoms with van der Waals surface area (Å²) in [5, 5.41) is 6.74. The molecule has 8 nitrogen and oxygen atoms in total. The van der Waals surface area contributed by atoms with Crippen molar-refractivity contribution in [1.29, 1.82) is 0 Å². The van der Waals surface area contributed by atoms with Gasteiger partial charge in [0.2, 0.25) is 17.6 Å². The summed E-state index contributed by atoms with van der Waals surface area (Å²) >= 11 is 0. The molecule has 0 aliphatic carbocycles. The molecule has 0 bridgehead atoms. The standard InChI is InChI=1S/C23H25N5O3/c1-16(24-22(29)19-6-4-3-5-7-19)23(30)28-14-12-27(13-15-28)20-10-8-18(9-11-20)21-25-17(2)31-26-21/h3-11,16H,12-15H2,1-2H3,(H,24,29). The molecule has 3 aromatic rings. The first-order valence-electron chi connectivity index (χ1n) is 10.3. The molecule has 2 amide bonds. The lowest BCUT2D eigenvalue weighted by molar-refractivity contribution is -0.133. The summed E-state index contributed by atoms with van der Waals surface area (Å²) in [6, 6.07) is 16.3. The predicted molar refractivity (Wildman–Crippen MR) is 117 cm³/mol. The highest BCUT2D eigenvalue weighted by Gasteiger charge is 2.26. The molecule has 1 fully saturated rings. The maximum atomic E-state index is 12.8. The quantitative estimate of drug-likeness (QED) is 0.683. The lowest BCUT2D eigenvalue weighted by atomic mass is 10.1. The molecule has 1 unspecified atom stereocenters. The zero-order valence-corrected chi connectivity index (χ0v) is 17.6. The second-order valence-corrected chi connectivity index (χ2v) is 7.56. The molecule has 8 heteroatoms. The molecule has 1 aliphatic heterocycles. The van der Waals surface area contributed by atoms with Gasteiger partial charge in [-0.15, -0.1) is 0 Å². The Kier molecular flexibility index (Phi) is 5.97. The van der Waals surface area contributed by atoms with Gasteiger partial charge >= 0.3 is 0 Å². The fourth-order valence-corrected chi connectivity index (χ4v) is 3.63. The van der Waals surface area contributed by atoms with Crippen molar-refractivity contribution in [3.8, 4) is 11.4 Å². The summed E-state index contributed by atoms with van der Waals surface area (Å²) in [5.41, 5.74) is 2.53. The molecular formula is C23H25N5O3.